The Hall–Kier alpha value is -1.06. The van der Waals surface area contributed by atoms with Crippen LogP contribution in [0, 0.1) is 5.92 Å². The molecule has 0 spiro atoms. The monoisotopic (exact) mass is 280 g/mol. The summed E-state index contributed by atoms with van der Waals surface area (Å²) in [5.74, 6) is 0.413. The van der Waals surface area contributed by atoms with Crippen LogP contribution >= 0.6 is 11.6 Å². The van der Waals surface area contributed by atoms with E-state index in [1.54, 1.807) is 6.92 Å². The van der Waals surface area contributed by atoms with E-state index < -0.39 is 6.04 Å². The minimum atomic E-state index is -0.476. The van der Waals surface area contributed by atoms with Crippen molar-refractivity contribution in [1.82, 2.24) is 5.32 Å². The highest BCUT2D eigenvalue weighted by Gasteiger charge is 2.28. The molecule has 4 heteroatoms. The van der Waals surface area contributed by atoms with Crippen LogP contribution in [0.3, 0.4) is 0 Å². The summed E-state index contributed by atoms with van der Waals surface area (Å²) < 4.78 is 0. The van der Waals surface area contributed by atoms with Crippen molar-refractivity contribution in [2.75, 3.05) is 0 Å². The number of carbonyl (C=O) groups is 1. The third kappa shape index (κ3) is 3.71. The summed E-state index contributed by atoms with van der Waals surface area (Å²) in [4.78, 5) is 11.9. The summed E-state index contributed by atoms with van der Waals surface area (Å²) >= 11 is 5.92. The Morgan fingerprint density at radius 3 is 2.42 bits per heavy atom. The quantitative estimate of drug-likeness (QED) is 0.891. The van der Waals surface area contributed by atoms with Crippen LogP contribution in [-0.2, 0) is 4.79 Å². The van der Waals surface area contributed by atoms with Crippen molar-refractivity contribution in [2.24, 2.45) is 11.7 Å². The fraction of sp³-hybridized carbons (Fsp3) is 0.533. The molecule has 2 rings (SSSR count). The van der Waals surface area contributed by atoms with Crippen molar-refractivity contribution in [3.8, 4) is 0 Å². The van der Waals surface area contributed by atoms with E-state index in [1.807, 2.05) is 24.3 Å². The topological polar surface area (TPSA) is 55.1 Å². The smallest absolute Gasteiger partial charge is 0.237 e. The van der Waals surface area contributed by atoms with Gasteiger partial charge in [0, 0.05) is 5.02 Å². The Morgan fingerprint density at radius 2 is 1.89 bits per heavy atom. The lowest BCUT2D eigenvalue weighted by Gasteiger charge is -2.26. The van der Waals surface area contributed by atoms with Crippen molar-refractivity contribution in [2.45, 2.75) is 44.7 Å². The lowest BCUT2D eigenvalue weighted by atomic mass is 9.91. The van der Waals surface area contributed by atoms with Crippen molar-refractivity contribution >= 4 is 17.5 Å². The van der Waals surface area contributed by atoms with Crippen molar-refractivity contribution in [3.05, 3.63) is 34.9 Å². The zero-order valence-corrected chi connectivity index (χ0v) is 12.0. The fourth-order valence-electron chi connectivity index (χ4n) is 2.72. The molecule has 1 aromatic carbocycles. The Morgan fingerprint density at radius 1 is 1.32 bits per heavy atom. The standard InChI is InChI=1S/C15H21ClN2O/c1-10(17)15(19)18-14(11-4-2-3-5-11)12-6-8-13(16)9-7-12/h6-11,14H,2-5,17H2,1H3,(H,18,19)/t10-,14?/m1/s1. The maximum absolute atomic E-state index is 11.9. The van der Waals surface area contributed by atoms with Gasteiger partial charge in [-0.15, -0.1) is 0 Å². The highest BCUT2D eigenvalue weighted by molar-refractivity contribution is 6.30. The Bertz CT molecular complexity index is 424. The molecule has 1 amide bonds. The third-order valence-electron chi connectivity index (χ3n) is 3.81. The molecule has 1 aliphatic rings. The van der Waals surface area contributed by atoms with E-state index in [1.165, 1.54) is 12.8 Å². The number of nitrogens with one attached hydrogen (secondary N) is 1. The van der Waals surface area contributed by atoms with E-state index in [-0.39, 0.29) is 11.9 Å². The van der Waals surface area contributed by atoms with Crippen LogP contribution in [0.5, 0.6) is 0 Å². The molecule has 2 atom stereocenters. The minimum absolute atomic E-state index is 0.0540. The molecule has 0 radical (unpaired) electrons. The molecule has 19 heavy (non-hydrogen) atoms. The molecular formula is C15H21ClN2O. The van der Waals surface area contributed by atoms with Crippen LogP contribution in [-0.4, -0.2) is 11.9 Å². The molecular weight excluding hydrogens is 260 g/mol. The molecule has 0 saturated heterocycles. The molecule has 3 nitrogen and oxygen atoms in total. The van der Waals surface area contributed by atoms with Gasteiger partial charge in [-0.1, -0.05) is 36.6 Å². The Labute approximate surface area is 119 Å². The SMILES string of the molecule is C[C@@H](N)C(=O)NC(c1ccc(Cl)cc1)C1CCCC1. The molecule has 104 valence electrons. The lowest BCUT2D eigenvalue weighted by molar-refractivity contribution is -0.123. The predicted octanol–water partition coefficient (Wildman–Crippen LogP) is 3.03. The van der Waals surface area contributed by atoms with Gasteiger partial charge in [0.2, 0.25) is 5.91 Å². The van der Waals surface area contributed by atoms with Crippen LogP contribution in [0.25, 0.3) is 0 Å². The van der Waals surface area contributed by atoms with Crippen molar-refractivity contribution < 1.29 is 4.79 Å². The molecule has 1 saturated carbocycles. The summed E-state index contributed by atoms with van der Waals surface area (Å²) in [6.45, 7) is 1.71. The van der Waals surface area contributed by atoms with Gasteiger partial charge in [-0.25, -0.2) is 0 Å². The zero-order chi connectivity index (χ0) is 13.8. The van der Waals surface area contributed by atoms with Gasteiger partial charge in [0.15, 0.2) is 0 Å². The molecule has 0 aromatic heterocycles. The van der Waals surface area contributed by atoms with E-state index in [9.17, 15) is 4.79 Å². The number of halogens is 1. The maximum Gasteiger partial charge on any atom is 0.237 e. The van der Waals surface area contributed by atoms with Gasteiger partial charge in [-0.2, -0.15) is 0 Å². The predicted molar refractivity (Wildman–Crippen MR) is 77.9 cm³/mol. The fourth-order valence-corrected chi connectivity index (χ4v) is 2.84. The first-order valence-corrected chi connectivity index (χ1v) is 7.27. The van der Waals surface area contributed by atoms with E-state index >= 15 is 0 Å². The van der Waals surface area contributed by atoms with Gasteiger partial charge in [0.25, 0.3) is 0 Å². The summed E-state index contributed by atoms with van der Waals surface area (Å²) in [6, 6.07) is 7.31. The number of carbonyl (C=O) groups excluding carboxylic acids is 1. The first kappa shape index (κ1) is 14.4. The number of hydrogen-bond donors (Lipinski definition) is 2. The Balaban J connectivity index is 2.18. The number of rotatable bonds is 4. The van der Waals surface area contributed by atoms with E-state index in [0.29, 0.717) is 10.9 Å². The molecule has 1 unspecified atom stereocenters. The summed E-state index contributed by atoms with van der Waals surface area (Å²) in [5, 5.41) is 3.80. The van der Waals surface area contributed by atoms with Gasteiger partial charge < -0.3 is 11.1 Å². The van der Waals surface area contributed by atoms with Gasteiger partial charge in [-0.3, -0.25) is 4.79 Å². The Kier molecular flexibility index (Phi) is 4.83. The lowest BCUT2D eigenvalue weighted by Crippen LogP contribution is -2.42. The molecule has 3 N–H and O–H groups in total. The summed E-state index contributed by atoms with van der Waals surface area (Å²) in [5.41, 5.74) is 6.77. The van der Waals surface area contributed by atoms with E-state index in [0.717, 1.165) is 18.4 Å². The number of hydrogen-bond acceptors (Lipinski definition) is 2. The van der Waals surface area contributed by atoms with Gasteiger partial charge in [0.1, 0.15) is 0 Å². The second-order valence-corrected chi connectivity index (χ2v) is 5.81. The van der Waals surface area contributed by atoms with Crippen LogP contribution in [0.4, 0.5) is 0 Å². The second-order valence-electron chi connectivity index (χ2n) is 5.37. The van der Waals surface area contributed by atoms with Crippen LogP contribution in [0.15, 0.2) is 24.3 Å². The highest BCUT2D eigenvalue weighted by Crippen LogP contribution is 2.36. The van der Waals surface area contributed by atoms with E-state index in [2.05, 4.69) is 5.32 Å². The molecule has 1 aliphatic carbocycles. The second kappa shape index (κ2) is 6.40. The van der Waals surface area contributed by atoms with Crippen molar-refractivity contribution in [1.29, 1.82) is 0 Å². The zero-order valence-electron chi connectivity index (χ0n) is 11.2. The first-order chi connectivity index (χ1) is 9.08. The highest BCUT2D eigenvalue weighted by atomic mass is 35.5. The largest absolute Gasteiger partial charge is 0.348 e. The van der Waals surface area contributed by atoms with Crippen LogP contribution in [0.2, 0.25) is 5.02 Å². The summed E-state index contributed by atoms with van der Waals surface area (Å²) in [7, 11) is 0. The average molecular weight is 281 g/mol. The normalized spacial score (nSPS) is 19.1. The molecule has 0 aliphatic heterocycles. The summed E-state index contributed by atoms with van der Waals surface area (Å²) in [6.07, 6.45) is 4.80. The number of nitrogens with two attached hydrogens (primary N) is 1. The third-order valence-corrected chi connectivity index (χ3v) is 4.06. The number of benzene rings is 1. The molecule has 1 fully saturated rings. The molecule has 1 aromatic rings. The minimum Gasteiger partial charge on any atom is -0.348 e. The molecule has 0 bridgehead atoms. The van der Waals surface area contributed by atoms with Crippen molar-refractivity contribution in [3.63, 3.8) is 0 Å². The van der Waals surface area contributed by atoms with Gasteiger partial charge in [0.05, 0.1) is 12.1 Å². The maximum atomic E-state index is 11.9. The number of amides is 1. The van der Waals surface area contributed by atoms with E-state index in [4.69, 9.17) is 17.3 Å². The van der Waals surface area contributed by atoms with Crippen LogP contribution < -0.4 is 11.1 Å². The average Bonchev–Trinajstić information content (AvgIpc) is 2.90. The van der Waals surface area contributed by atoms with Gasteiger partial charge in [-0.05, 0) is 43.4 Å². The molecule has 0 heterocycles. The first-order valence-electron chi connectivity index (χ1n) is 6.89. The van der Waals surface area contributed by atoms with Crippen LogP contribution in [0.1, 0.15) is 44.2 Å². The van der Waals surface area contributed by atoms with Gasteiger partial charge >= 0.3 is 0 Å².